The van der Waals surface area contributed by atoms with E-state index < -0.39 is 0 Å². The first-order chi connectivity index (χ1) is 7.54. The summed E-state index contributed by atoms with van der Waals surface area (Å²) in [5.41, 5.74) is 0.614. The predicted molar refractivity (Wildman–Crippen MR) is 57.1 cm³/mol. The number of Topliss-reactive ketones (excluding diaryl/α,β-unsaturated/α-hetero) is 1. The van der Waals surface area contributed by atoms with Crippen LogP contribution in [0.4, 0.5) is 0 Å². The smallest absolute Gasteiger partial charge is 0.190 e. The molecular weight excluding hydrogens is 208 g/mol. The zero-order valence-corrected chi connectivity index (χ0v) is 8.90. The number of rotatable bonds is 1. The molecule has 1 aliphatic rings. The van der Waals surface area contributed by atoms with Gasteiger partial charge in [0.2, 0.25) is 0 Å². The molecule has 0 fully saturated rings. The molecule has 1 N–H and O–H groups in total. The van der Waals surface area contributed by atoms with Gasteiger partial charge in [0.05, 0.1) is 12.7 Å². The predicted octanol–water partition coefficient (Wildman–Crippen LogP) is 1.73. The molecule has 1 aromatic carbocycles. The average molecular weight is 218 g/mol. The van der Waals surface area contributed by atoms with Crippen molar-refractivity contribution in [1.82, 2.24) is 0 Å². The van der Waals surface area contributed by atoms with Crippen LogP contribution in [0.15, 0.2) is 23.8 Å². The summed E-state index contributed by atoms with van der Waals surface area (Å²) in [6, 6.07) is 2.78. The second kappa shape index (κ2) is 3.48. The number of aromatic hydroxyl groups is 1. The molecule has 0 saturated carbocycles. The molecule has 82 valence electrons. The number of carbonyl (C=O) groups is 2. The topological polar surface area (TPSA) is 63.6 Å². The summed E-state index contributed by atoms with van der Waals surface area (Å²) in [5, 5.41) is 9.66. The van der Waals surface area contributed by atoms with E-state index in [-0.39, 0.29) is 28.4 Å². The van der Waals surface area contributed by atoms with E-state index in [1.165, 1.54) is 25.3 Å². The lowest BCUT2D eigenvalue weighted by atomic mass is 9.89. The maximum absolute atomic E-state index is 11.8. The summed E-state index contributed by atoms with van der Waals surface area (Å²) in [6.07, 6.45) is 1.23. The molecule has 0 bridgehead atoms. The number of carbonyl (C=O) groups excluding carboxylic acids is 2. The van der Waals surface area contributed by atoms with Crippen molar-refractivity contribution in [2.75, 3.05) is 7.11 Å². The van der Waals surface area contributed by atoms with E-state index in [1.54, 1.807) is 6.92 Å². The average Bonchev–Trinajstić information content (AvgIpc) is 2.24. The zero-order valence-electron chi connectivity index (χ0n) is 8.90. The summed E-state index contributed by atoms with van der Waals surface area (Å²) in [6.45, 7) is 1.57. The van der Waals surface area contributed by atoms with Crippen molar-refractivity contribution in [1.29, 1.82) is 0 Å². The minimum Gasteiger partial charge on any atom is -0.507 e. The molecule has 0 spiro atoms. The summed E-state index contributed by atoms with van der Waals surface area (Å²) in [4.78, 5) is 23.4. The number of phenols is 1. The molecule has 2 rings (SSSR count). The van der Waals surface area contributed by atoms with Crippen molar-refractivity contribution in [3.63, 3.8) is 0 Å². The molecule has 1 aliphatic carbocycles. The highest BCUT2D eigenvalue weighted by atomic mass is 16.5. The van der Waals surface area contributed by atoms with Crippen LogP contribution in [0, 0.1) is 0 Å². The van der Waals surface area contributed by atoms with Crippen LogP contribution in [0.25, 0.3) is 0 Å². The Kier molecular flexibility index (Phi) is 2.27. The monoisotopic (exact) mass is 218 g/mol. The van der Waals surface area contributed by atoms with Crippen LogP contribution in [0.2, 0.25) is 0 Å². The Bertz CT molecular complexity index is 526. The number of phenolic OH excluding ortho intramolecular Hbond substituents is 1. The Morgan fingerprint density at radius 2 is 1.94 bits per heavy atom. The van der Waals surface area contributed by atoms with Crippen LogP contribution >= 0.6 is 0 Å². The summed E-state index contributed by atoms with van der Waals surface area (Å²) in [5.74, 6) is -0.486. The lowest BCUT2D eigenvalue weighted by Gasteiger charge is -2.15. The number of fused-ring (bicyclic) bond motifs is 1. The molecule has 4 nitrogen and oxygen atoms in total. The third kappa shape index (κ3) is 1.39. The summed E-state index contributed by atoms with van der Waals surface area (Å²) < 4.78 is 4.94. The number of hydrogen-bond donors (Lipinski definition) is 1. The quantitative estimate of drug-likeness (QED) is 0.779. The molecule has 0 aliphatic heterocycles. The third-order valence-corrected chi connectivity index (χ3v) is 2.52. The molecule has 0 amide bonds. The van der Waals surface area contributed by atoms with Gasteiger partial charge in [-0.1, -0.05) is 0 Å². The van der Waals surface area contributed by atoms with Gasteiger partial charge in [0.1, 0.15) is 11.5 Å². The molecule has 0 heterocycles. The van der Waals surface area contributed by atoms with E-state index in [9.17, 15) is 14.7 Å². The number of ketones is 2. The largest absolute Gasteiger partial charge is 0.507 e. The van der Waals surface area contributed by atoms with Crippen molar-refractivity contribution in [3.05, 3.63) is 34.9 Å². The molecule has 0 atom stereocenters. The summed E-state index contributed by atoms with van der Waals surface area (Å²) >= 11 is 0. The van der Waals surface area contributed by atoms with Gasteiger partial charge in [-0.15, -0.1) is 0 Å². The second-order valence-corrected chi connectivity index (χ2v) is 3.59. The van der Waals surface area contributed by atoms with E-state index >= 15 is 0 Å². The Balaban J connectivity index is 2.72. The van der Waals surface area contributed by atoms with Crippen LogP contribution in [-0.4, -0.2) is 23.8 Å². The number of benzene rings is 1. The van der Waals surface area contributed by atoms with Gasteiger partial charge >= 0.3 is 0 Å². The van der Waals surface area contributed by atoms with Gasteiger partial charge in [0.25, 0.3) is 0 Å². The molecule has 4 heteroatoms. The van der Waals surface area contributed by atoms with Crippen molar-refractivity contribution < 1.29 is 19.4 Å². The molecule has 0 aromatic heterocycles. The molecule has 16 heavy (non-hydrogen) atoms. The molecule has 0 radical (unpaired) electrons. The van der Waals surface area contributed by atoms with Crippen molar-refractivity contribution in [3.8, 4) is 11.5 Å². The van der Waals surface area contributed by atoms with Crippen LogP contribution < -0.4 is 4.74 Å². The molecule has 1 aromatic rings. The highest BCUT2D eigenvalue weighted by Crippen LogP contribution is 2.32. The lowest BCUT2D eigenvalue weighted by molar-refractivity contribution is 0.0982. The van der Waals surface area contributed by atoms with Crippen LogP contribution in [0.1, 0.15) is 27.6 Å². The van der Waals surface area contributed by atoms with Gasteiger partial charge in [0, 0.05) is 17.2 Å². The Labute approximate surface area is 92.2 Å². The number of hydrogen-bond acceptors (Lipinski definition) is 4. The fourth-order valence-corrected chi connectivity index (χ4v) is 1.70. The van der Waals surface area contributed by atoms with Crippen LogP contribution in [0.5, 0.6) is 11.5 Å². The van der Waals surface area contributed by atoms with Crippen molar-refractivity contribution in [2.45, 2.75) is 6.92 Å². The Morgan fingerprint density at radius 3 is 2.56 bits per heavy atom. The molecule has 0 unspecified atom stereocenters. The first-order valence-electron chi connectivity index (χ1n) is 4.73. The maximum atomic E-state index is 11.8. The van der Waals surface area contributed by atoms with Gasteiger partial charge in [-0.3, -0.25) is 9.59 Å². The van der Waals surface area contributed by atoms with Gasteiger partial charge in [-0.05, 0) is 19.1 Å². The lowest BCUT2D eigenvalue weighted by Crippen LogP contribution is -2.15. The minimum atomic E-state index is -0.354. The normalized spacial score (nSPS) is 14.5. The minimum absolute atomic E-state index is 0.0522. The van der Waals surface area contributed by atoms with Gasteiger partial charge in [-0.2, -0.15) is 0 Å². The number of ether oxygens (including phenoxy) is 1. The van der Waals surface area contributed by atoms with Crippen molar-refractivity contribution in [2.24, 2.45) is 0 Å². The third-order valence-electron chi connectivity index (χ3n) is 2.52. The SMILES string of the molecule is COc1cc(O)c2c(c1)C(=O)C(C)=CC2=O. The molecular formula is C12H10O4. The number of allylic oxidation sites excluding steroid dienone is 2. The van der Waals surface area contributed by atoms with E-state index in [0.717, 1.165) is 0 Å². The first-order valence-corrected chi connectivity index (χ1v) is 4.73. The van der Waals surface area contributed by atoms with Gasteiger partial charge in [-0.25, -0.2) is 0 Å². The van der Waals surface area contributed by atoms with Crippen LogP contribution in [0.3, 0.4) is 0 Å². The molecule has 0 saturated heterocycles. The highest BCUT2D eigenvalue weighted by Gasteiger charge is 2.26. The van der Waals surface area contributed by atoms with Crippen molar-refractivity contribution >= 4 is 11.6 Å². The van der Waals surface area contributed by atoms with Gasteiger partial charge < -0.3 is 9.84 Å². The van der Waals surface area contributed by atoms with E-state index in [0.29, 0.717) is 11.3 Å². The zero-order chi connectivity index (χ0) is 11.9. The Hall–Kier alpha value is -2.10. The Morgan fingerprint density at radius 1 is 1.25 bits per heavy atom. The summed E-state index contributed by atoms with van der Waals surface area (Å²) in [7, 11) is 1.43. The first kappa shape index (κ1) is 10.4. The van der Waals surface area contributed by atoms with E-state index in [2.05, 4.69) is 0 Å². The second-order valence-electron chi connectivity index (χ2n) is 3.59. The van der Waals surface area contributed by atoms with E-state index in [4.69, 9.17) is 4.74 Å². The number of methoxy groups -OCH3 is 1. The van der Waals surface area contributed by atoms with E-state index in [1.807, 2.05) is 0 Å². The fraction of sp³-hybridized carbons (Fsp3) is 0.167. The highest BCUT2D eigenvalue weighted by molar-refractivity contribution is 6.25. The standard InChI is InChI=1S/C12H10O4/c1-6-3-9(13)11-8(12(6)15)4-7(16-2)5-10(11)14/h3-5,14H,1-2H3. The maximum Gasteiger partial charge on any atom is 0.190 e. The van der Waals surface area contributed by atoms with Gasteiger partial charge in [0.15, 0.2) is 11.6 Å². The fourth-order valence-electron chi connectivity index (χ4n) is 1.70. The van der Waals surface area contributed by atoms with Crippen LogP contribution in [-0.2, 0) is 0 Å².